The third-order valence-electron chi connectivity index (χ3n) is 2.42. The zero-order valence-corrected chi connectivity index (χ0v) is 10.1. The number of hydrogen-bond donors (Lipinski definition) is 2. The summed E-state index contributed by atoms with van der Waals surface area (Å²) in [7, 11) is 1.66. The van der Waals surface area contributed by atoms with E-state index in [2.05, 4.69) is 25.6 Å². The molecule has 8 nitrogen and oxygen atoms in total. The van der Waals surface area contributed by atoms with E-state index in [1.807, 2.05) is 6.92 Å². The molecule has 0 saturated heterocycles. The van der Waals surface area contributed by atoms with Crippen LogP contribution in [0.25, 0.3) is 0 Å². The van der Waals surface area contributed by atoms with Crippen LogP contribution >= 0.6 is 0 Å². The van der Waals surface area contributed by atoms with Gasteiger partial charge in [-0.1, -0.05) is 6.92 Å². The summed E-state index contributed by atoms with van der Waals surface area (Å²) in [6.07, 6.45) is 3.52. The summed E-state index contributed by atoms with van der Waals surface area (Å²) in [5.41, 5.74) is 7.23. The Balaban J connectivity index is 2.27. The standard InChI is InChI=1S/C10H13N7O/c1-3-6-7(11)8(17(2)16-6)9(18)14-10-12-4-5-13-15-10/h4-5H,3,11H2,1-2H3,(H,12,14,15,18). The maximum atomic E-state index is 12.0. The first-order chi connectivity index (χ1) is 8.63. The minimum Gasteiger partial charge on any atom is -0.395 e. The number of anilines is 2. The lowest BCUT2D eigenvalue weighted by Gasteiger charge is -2.03. The van der Waals surface area contributed by atoms with Crippen molar-refractivity contribution in [3.05, 3.63) is 23.8 Å². The molecule has 0 fully saturated rings. The number of carbonyl (C=O) groups excluding carboxylic acids is 1. The van der Waals surface area contributed by atoms with Gasteiger partial charge in [0.15, 0.2) is 0 Å². The lowest BCUT2D eigenvalue weighted by Crippen LogP contribution is -2.19. The summed E-state index contributed by atoms with van der Waals surface area (Å²) in [6.45, 7) is 1.92. The first-order valence-corrected chi connectivity index (χ1v) is 5.39. The molecule has 2 rings (SSSR count). The van der Waals surface area contributed by atoms with E-state index < -0.39 is 5.91 Å². The molecule has 2 heterocycles. The van der Waals surface area contributed by atoms with E-state index in [0.29, 0.717) is 23.5 Å². The smallest absolute Gasteiger partial charge is 0.278 e. The Morgan fingerprint density at radius 3 is 2.83 bits per heavy atom. The molecule has 3 N–H and O–H groups in total. The van der Waals surface area contributed by atoms with Crippen molar-refractivity contribution in [1.29, 1.82) is 0 Å². The Hall–Kier alpha value is -2.51. The minimum absolute atomic E-state index is 0.126. The van der Waals surface area contributed by atoms with Gasteiger partial charge in [-0.2, -0.15) is 10.2 Å². The quantitative estimate of drug-likeness (QED) is 0.789. The van der Waals surface area contributed by atoms with Crippen molar-refractivity contribution in [2.24, 2.45) is 7.05 Å². The molecule has 0 radical (unpaired) electrons. The molecule has 8 heteroatoms. The molecule has 1 amide bonds. The van der Waals surface area contributed by atoms with Crippen LogP contribution in [0, 0.1) is 0 Å². The maximum Gasteiger partial charge on any atom is 0.278 e. The predicted molar refractivity (Wildman–Crippen MR) is 64.8 cm³/mol. The van der Waals surface area contributed by atoms with E-state index in [1.165, 1.54) is 17.1 Å². The van der Waals surface area contributed by atoms with Gasteiger partial charge in [-0.05, 0) is 6.42 Å². The minimum atomic E-state index is -0.407. The number of nitrogens with zero attached hydrogens (tertiary/aromatic N) is 5. The fourth-order valence-corrected chi connectivity index (χ4v) is 1.59. The van der Waals surface area contributed by atoms with Crippen LogP contribution in [0.4, 0.5) is 11.6 Å². The molecule has 0 atom stereocenters. The summed E-state index contributed by atoms with van der Waals surface area (Å²) < 4.78 is 1.44. The van der Waals surface area contributed by atoms with Gasteiger partial charge in [0, 0.05) is 7.05 Å². The van der Waals surface area contributed by atoms with E-state index in [4.69, 9.17) is 5.73 Å². The largest absolute Gasteiger partial charge is 0.395 e. The van der Waals surface area contributed by atoms with Crippen molar-refractivity contribution >= 4 is 17.5 Å². The lowest BCUT2D eigenvalue weighted by atomic mass is 10.2. The van der Waals surface area contributed by atoms with Crippen molar-refractivity contribution in [2.75, 3.05) is 11.1 Å². The summed E-state index contributed by atoms with van der Waals surface area (Å²) in [4.78, 5) is 15.9. The van der Waals surface area contributed by atoms with Crippen molar-refractivity contribution < 1.29 is 4.79 Å². The summed E-state index contributed by atoms with van der Waals surface area (Å²) in [6, 6.07) is 0. The number of hydrogen-bond acceptors (Lipinski definition) is 6. The van der Waals surface area contributed by atoms with Crippen LogP contribution in [0.1, 0.15) is 23.1 Å². The van der Waals surface area contributed by atoms with Crippen molar-refractivity contribution in [3.63, 3.8) is 0 Å². The van der Waals surface area contributed by atoms with Gasteiger partial charge in [0.1, 0.15) is 5.69 Å². The number of nitrogens with one attached hydrogen (secondary N) is 1. The van der Waals surface area contributed by atoms with Gasteiger partial charge in [0.05, 0.1) is 23.8 Å². The normalized spacial score (nSPS) is 10.3. The number of amides is 1. The number of aryl methyl sites for hydroxylation is 2. The molecule has 94 valence electrons. The number of carbonyl (C=O) groups is 1. The molecule has 0 unspecified atom stereocenters. The second-order valence-corrected chi connectivity index (χ2v) is 3.61. The van der Waals surface area contributed by atoms with Crippen LogP contribution in [0.3, 0.4) is 0 Å². The molecule has 0 aliphatic rings. The fourth-order valence-electron chi connectivity index (χ4n) is 1.59. The fraction of sp³-hybridized carbons (Fsp3) is 0.300. The topological polar surface area (TPSA) is 112 Å². The predicted octanol–water partition coefficient (Wildman–Crippen LogP) is 0.00200. The second-order valence-electron chi connectivity index (χ2n) is 3.61. The highest BCUT2D eigenvalue weighted by Gasteiger charge is 2.19. The molecule has 0 spiro atoms. The number of rotatable bonds is 3. The van der Waals surface area contributed by atoms with Crippen molar-refractivity contribution in [2.45, 2.75) is 13.3 Å². The van der Waals surface area contributed by atoms with Crippen LogP contribution in [0.15, 0.2) is 12.4 Å². The lowest BCUT2D eigenvalue weighted by molar-refractivity contribution is 0.101. The first kappa shape index (κ1) is 12.0. The van der Waals surface area contributed by atoms with Crippen molar-refractivity contribution in [1.82, 2.24) is 25.0 Å². The van der Waals surface area contributed by atoms with Gasteiger partial charge >= 0.3 is 0 Å². The molecule has 2 aromatic rings. The molecule has 0 aliphatic carbocycles. The molecule has 0 saturated carbocycles. The molecule has 0 bridgehead atoms. The summed E-state index contributed by atoms with van der Waals surface area (Å²) >= 11 is 0. The molecule has 18 heavy (non-hydrogen) atoms. The van der Waals surface area contributed by atoms with Crippen LogP contribution in [0.5, 0.6) is 0 Å². The van der Waals surface area contributed by atoms with E-state index in [-0.39, 0.29) is 5.95 Å². The van der Waals surface area contributed by atoms with Gasteiger partial charge in [0.25, 0.3) is 5.91 Å². The third-order valence-corrected chi connectivity index (χ3v) is 2.42. The average Bonchev–Trinajstić information content (AvgIpc) is 2.65. The van der Waals surface area contributed by atoms with Gasteiger partial charge in [0.2, 0.25) is 5.95 Å². The Morgan fingerprint density at radius 1 is 1.50 bits per heavy atom. The zero-order chi connectivity index (χ0) is 13.1. The molecule has 2 aromatic heterocycles. The highest BCUT2D eigenvalue weighted by Crippen LogP contribution is 2.17. The summed E-state index contributed by atoms with van der Waals surface area (Å²) in [5.74, 6) is -0.281. The van der Waals surface area contributed by atoms with Crippen LogP contribution < -0.4 is 11.1 Å². The average molecular weight is 247 g/mol. The Kier molecular flexibility index (Phi) is 3.18. The van der Waals surface area contributed by atoms with Gasteiger partial charge < -0.3 is 5.73 Å². The van der Waals surface area contributed by atoms with Crippen LogP contribution in [0.2, 0.25) is 0 Å². The van der Waals surface area contributed by atoms with E-state index in [0.717, 1.165) is 0 Å². The molecule has 0 aromatic carbocycles. The van der Waals surface area contributed by atoms with Gasteiger partial charge in [-0.3, -0.25) is 14.8 Å². The van der Waals surface area contributed by atoms with E-state index in [9.17, 15) is 4.79 Å². The monoisotopic (exact) mass is 247 g/mol. The maximum absolute atomic E-state index is 12.0. The van der Waals surface area contributed by atoms with Crippen molar-refractivity contribution in [3.8, 4) is 0 Å². The molecular formula is C10H13N7O. The second kappa shape index (κ2) is 4.78. The SMILES string of the molecule is CCc1nn(C)c(C(=O)Nc2nccnn2)c1N. The molecular weight excluding hydrogens is 234 g/mol. The Bertz CT molecular complexity index is 563. The Morgan fingerprint density at radius 2 is 2.28 bits per heavy atom. The van der Waals surface area contributed by atoms with E-state index >= 15 is 0 Å². The first-order valence-electron chi connectivity index (χ1n) is 5.39. The van der Waals surface area contributed by atoms with Gasteiger partial charge in [-0.25, -0.2) is 4.98 Å². The Labute approximate surface area is 103 Å². The van der Waals surface area contributed by atoms with E-state index in [1.54, 1.807) is 7.05 Å². The number of aromatic nitrogens is 5. The third kappa shape index (κ3) is 2.12. The number of nitrogens with two attached hydrogens (primary N) is 1. The highest BCUT2D eigenvalue weighted by atomic mass is 16.2. The molecule has 0 aliphatic heterocycles. The van der Waals surface area contributed by atoms with Crippen LogP contribution in [-0.2, 0) is 13.5 Å². The van der Waals surface area contributed by atoms with Gasteiger partial charge in [-0.15, -0.1) is 5.10 Å². The highest BCUT2D eigenvalue weighted by molar-refractivity contribution is 6.05. The van der Waals surface area contributed by atoms with Crippen LogP contribution in [-0.4, -0.2) is 30.9 Å². The summed E-state index contributed by atoms with van der Waals surface area (Å²) in [5, 5.41) is 14.0. The zero-order valence-electron chi connectivity index (χ0n) is 10.1. The number of nitrogen functional groups attached to an aromatic ring is 1.